The summed E-state index contributed by atoms with van der Waals surface area (Å²) in [6.07, 6.45) is 0.787. The quantitative estimate of drug-likeness (QED) is 0.198. The van der Waals surface area contributed by atoms with Crippen molar-refractivity contribution in [2.75, 3.05) is 17.2 Å². The molecule has 3 N–H and O–H groups in total. The minimum absolute atomic E-state index is 0.158. The van der Waals surface area contributed by atoms with Crippen molar-refractivity contribution in [3.63, 3.8) is 0 Å². The average molecular weight is 589 g/mol. The zero-order chi connectivity index (χ0) is 26.9. The largest absolute Gasteiger partial charge is 0.492 e. The summed E-state index contributed by atoms with van der Waals surface area (Å²) >= 11 is 8.78. The third-order valence-corrected chi connectivity index (χ3v) is 6.42. The summed E-state index contributed by atoms with van der Waals surface area (Å²) in [6, 6.07) is 29.7. The number of benzene rings is 4. The number of halogens is 1. The van der Waals surface area contributed by atoms with E-state index >= 15 is 0 Å². The molecule has 0 saturated heterocycles. The van der Waals surface area contributed by atoms with Crippen LogP contribution in [0, 0.1) is 6.92 Å². The van der Waals surface area contributed by atoms with Gasteiger partial charge in [-0.15, -0.1) is 0 Å². The maximum atomic E-state index is 12.7. The van der Waals surface area contributed by atoms with Crippen LogP contribution in [0.1, 0.15) is 31.8 Å². The predicted molar refractivity (Wildman–Crippen MR) is 159 cm³/mol. The van der Waals surface area contributed by atoms with Crippen LogP contribution in [0.2, 0.25) is 0 Å². The van der Waals surface area contributed by atoms with E-state index in [1.54, 1.807) is 48.5 Å². The van der Waals surface area contributed by atoms with E-state index in [1.165, 1.54) is 5.56 Å². The molecule has 38 heavy (non-hydrogen) atoms. The molecular formula is C30H26BrN3O3S. The van der Waals surface area contributed by atoms with Crippen molar-refractivity contribution in [2.45, 2.75) is 13.3 Å². The van der Waals surface area contributed by atoms with Gasteiger partial charge in [-0.25, -0.2) is 0 Å². The van der Waals surface area contributed by atoms with Gasteiger partial charge in [0.2, 0.25) is 0 Å². The molecule has 2 amide bonds. The number of hydrogen-bond acceptors (Lipinski definition) is 4. The Morgan fingerprint density at radius 1 is 0.789 bits per heavy atom. The molecule has 4 aromatic carbocycles. The number of anilines is 2. The van der Waals surface area contributed by atoms with Crippen LogP contribution in [0.4, 0.5) is 11.4 Å². The highest BCUT2D eigenvalue weighted by molar-refractivity contribution is 9.10. The number of nitrogens with one attached hydrogen (secondary N) is 3. The molecule has 0 spiro atoms. The van der Waals surface area contributed by atoms with E-state index < -0.39 is 0 Å². The van der Waals surface area contributed by atoms with E-state index in [0.29, 0.717) is 39.3 Å². The van der Waals surface area contributed by atoms with Crippen molar-refractivity contribution in [2.24, 2.45) is 0 Å². The molecule has 0 atom stereocenters. The van der Waals surface area contributed by atoms with Crippen molar-refractivity contribution in [3.8, 4) is 5.75 Å². The van der Waals surface area contributed by atoms with Crippen LogP contribution in [0.3, 0.4) is 0 Å². The fraction of sp³-hybridized carbons (Fsp3) is 0.100. The Labute approximate surface area is 235 Å². The monoisotopic (exact) mass is 587 g/mol. The summed E-state index contributed by atoms with van der Waals surface area (Å²) in [5, 5.41) is 8.69. The number of carbonyl (C=O) groups excluding carboxylic acids is 2. The van der Waals surface area contributed by atoms with Crippen molar-refractivity contribution in [1.29, 1.82) is 0 Å². The minimum Gasteiger partial charge on any atom is -0.492 e. The second-order valence-electron chi connectivity index (χ2n) is 8.54. The molecule has 4 aromatic rings. The van der Waals surface area contributed by atoms with Gasteiger partial charge in [-0.2, -0.15) is 0 Å². The molecule has 0 aliphatic heterocycles. The molecular weight excluding hydrogens is 562 g/mol. The van der Waals surface area contributed by atoms with Crippen LogP contribution in [0.15, 0.2) is 102 Å². The zero-order valence-corrected chi connectivity index (χ0v) is 23.1. The van der Waals surface area contributed by atoms with E-state index in [1.807, 2.05) is 43.3 Å². The first-order valence-corrected chi connectivity index (χ1v) is 13.1. The summed E-state index contributed by atoms with van der Waals surface area (Å²) in [6.45, 7) is 2.46. The Morgan fingerprint density at radius 2 is 1.47 bits per heavy atom. The molecule has 0 aliphatic rings. The third kappa shape index (κ3) is 7.74. The van der Waals surface area contributed by atoms with Crippen LogP contribution >= 0.6 is 28.1 Å². The molecule has 0 aliphatic carbocycles. The highest BCUT2D eigenvalue weighted by atomic mass is 79.9. The first-order chi connectivity index (χ1) is 18.4. The normalized spacial score (nSPS) is 10.4. The Hall–Kier alpha value is -4.01. The maximum absolute atomic E-state index is 12.7. The van der Waals surface area contributed by atoms with Gasteiger partial charge in [0.05, 0.1) is 11.1 Å². The van der Waals surface area contributed by atoms with Gasteiger partial charge in [0.15, 0.2) is 5.11 Å². The van der Waals surface area contributed by atoms with E-state index in [0.717, 1.165) is 12.0 Å². The van der Waals surface area contributed by atoms with E-state index in [9.17, 15) is 9.59 Å². The fourth-order valence-corrected chi connectivity index (χ4v) is 4.35. The zero-order valence-electron chi connectivity index (χ0n) is 20.7. The molecule has 0 saturated carbocycles. The molecule has 0 unspecified atom stereocenters. The van der Waals surface area contributed by atoms with Gasteiger partial charge in [-0.05, 0) is 95.2 Å². The fourth-order valence-electron chi connectivity index (χ4n) is 3.65. The van der Waals surface area contributed by atoms with Gasteiger partial charge in [-0.1, -0.05) is 48.0 Å². The lowest BCUT2D eigenvalue weighted by Crippen LogP contribution is -2.34. The Balaban J connectivity index is 1.26. The highest BCUT2D eigenvalue weighted by Gasteiger charge is 2.12. The van der Waals surface area contributed by atoms with Crippen LogP contribution < -0.4 is 20.7 Å². The number of carbonyl (C=O) groups is 2. The maximum Gasteiger partial charge on any atom is 0.257 e. The topological polar surface area (TPSA) is 79.5 Å². The van der Waals surface area contributed by atoms with Gasteiger partial charge < -0.3 is 15.4 Å². The Morgan fingerprint density at radius 3 is 2.16 bits per heavy atom. The summed E-state index contributed by atoms with van der Waals surface area (Å²) in [4.78, 5) is 25.1. The van der Waals surface area contributed by atoms with Gasteiger partial charge in [0, 0.05) is 28.9 Å². The summed E-state index contributed by atoms with van der Waals surface area (Å²) in [5.74, 6) is 0.129. The molecule has 0 bridgehead atoms. The number of amides is 2. The molecule has 192 valence electrons. The van der Waals surface area contributed by atoms with E-state index in [-0.39, 0.29) is 16.9 Å². The lowest BCUT2D eigenvalue weighted by Gasteiger charge is -2.12. The average Bonchev–Trinajstić information content (AvgIpc) is 2.91. The van der Waals surface area contributed by atoms with E-state index in [2.05, 4.69) is 44.0 Å². The van der Waals surface area contributed by atoms with Crippen molar-refractivity contribution < 1.29 is 14.3 Å². The first-order valence-electron chi connectivity index (χ1n) is 11.9. The van der Waals surface area contributed by atoms with Crippen LogP contribution in [0.25, 0.3) is 0 Å². The molecule has 4 rings (SSSR count). The smallest absolute Gasteiger partial charge is 0.257 e. The van der Waals surface area contributed by atoms with Crippen LogP contribution in [-0.2, 0) is 6.42 Å². The van der Waals surface area contributed by atoms with Crippen molar-refractivity contribution in [1.82, 2.24) is 5.32 Å². The second-order valence-corrected chi connectivity index (χ2v) is 9.80. The lowest BCUT2D eigenvalue weighted by atomic mass is 10.1. The standard InChI is InChI=1S/C30H26BrN3O3S/c1-20-6-5-9-22(18-20)28(35)32-24-11-13-25(14-12-24)33-30(38)34-29(36)23-10-15-27(26(31)19-23)37-17-16-21-7-3-2-4-8-21/h2-15,18-19H,16-17H2,1H3,(H,32,35)(H2,33,34,36,38). The van der Waals surface area contributed by atoms with Crippen molar-refractivity contribution in [3.05, 3.63) is 124 Å². The summed E-state index contributed by atoms with van der Waals surface area (Å²) in [7, 11) is 0. The number of hydrogen-bond donors (Lipinski definition) is 3. The first kappa shape index (κ1) is 27.0. The molecule has 0 fully saturated rings. The second kappa shape index (κ2) is 13.0. The van der Waals surface area contributed by atoms with Crippen LogP contribution in [0.5, 0.6) is 5.75 Å². The van der Waals surface area contributed by atoms with Crippen LogP contribution in [-0.4, -0.2) is 23.5 Å². The number of thiocarbonyl (C=S) groups is 1. The van der Waals surface area contributed by atoms with Gasteiger partial charge in [0.25, 0.3) is 11.8 Å². The van der Waals surface area contributed by atoms with Gasteiger partial charge >= 0.3 is 0 Å². The number of aryl methyl sites for hydroxylation is 1. The molecule has 0 aromatic heterocycles. The molecule has 0 heterocycles. The molecule has 8 heteroatoms. The Kier molecular flexibility index (Phi) is 9.24. The molecule has 0 radical (unpaired) electrons. The minimum atomic E-state index is -0.346. The van der Waals surface area contributed by atoms with E-state index in [4.69, 9.17) is 17.0 Å². The number of rotatable bonds is 8. The summed E-state index contributed by atoms with van der Waals surface area (Å²) < 4.78 is 6.54. The Bertz CT molecular complexity index is 1440. The third-order valence-electron chi connectivity index (χ3n) is 5.59. The van der Waals surface area contributed by atoms with Gasteiger partial charge in [-0.3, -0.25) is 14.9 Å². The van der Waals surface area contributed by atoms with Crippen molar-refractivity contribution >= 4 is 56.4 Å². The lowest BCUT2D eigenvalue weighted by molar-refractivity contribution is 0.0976. The SMILES string of the molecule is Cc1cccc(C(=O)Nc2ccc(NC(=S)NC(=O)c3ccc(OCCc4ccccc4)c(Br)c3)cc2)c1. The molecule has 6 nitrogen and oxygen atoms in total. The van der Waals surface area contributed by atoms with Gasteiger partial charge in [0.1, 0.15) is 5.75 Å². The summed E-state index contributed by atoms with van der Waals surface area (Å²) in [5.41, 5.74) is 4.56. The number of ether oxygens (including phenoxy) is 1. The predicted octanol–water partition coefficient (Wildman–Crippen LogP) is 6.76. The highest BCUT2D eigenvalue weighted by Crippen LogP contribution is 2.26.